The van der Waals surface area contributed by atoms with Gasteiger partial charge in [-0.15, -0.1) is 0 Å². The van der Waals surface area contributed by atoms with E-state index in [9.17, 15) is 13.6 Å². The SMILES string of the molecule is COc1ccc2sc(N3CC(C(=O)Nc4cccc(OC(F)F)c4)C3)nc2c1. The lowest BCUT2D eigenvalue weighted by molar-refractivity contribution is -0.120. The van der Waals surface area contributed by atoms with E-state index in [2.05, 4.69) is 15.0 Å². The molecule has 0 radical (unpaired) electrons. The van der Waals surface area contributed by atoms with Gasteiger partial charge in [-0.2, -0.15) is 8.78 Å². The van der Waals surface area contributed by atoms with Crippen molar-refractivity contribution in [3.05, 3.63) is 42.5 Å². The summed E-state index contributed by atoms with van der Waals surface area (Å²) in [5.41, 5.74) is 1.29. The summed E-state index contributed by atoms with van der Waals surface area (Å²) in [5.74, 6) is 0.408. The van der Waals surface area contributed by atoms with Crippen LogP contribution in [-0.2, 0) is 4.79 Å². The van der Waals surface area contributed by atoms with Gasteiger partial charge in [-0.3, -0.25) is 4.79 Å². The van der Waals surface area contributed by atoms with Gasteiger partial charge in [-0.05, 0) is 24.3 Å². The number of hydrogen-bond donors (Lipinski definition) is 1. The lowest BCUT2D eigenvalue weighted by atomic mass is 10.00. The van der Waals surface area contributed by atoms with E-state index in [4.69, 9.17) is 4.74 Å². The molecule has 4 rings (SSSR count). The van der Waals surface area contributed by atoms with Gasteiger partial charge in [0.15, 0.2) is 5.13 Å². The molecule has 0 atom stereocenters. The second-order valence-corrected chi connectivity index (χ2v) is 7.34. The van der Waals surface area contributed by atoms with E-state index in [1.807, 2.05) is 23.1 Å². The molecule has 28 heavy (non-hydrogen) atoms. The van der Waals surface area contributed by atoms with Gasteiger partial charge in [-0.1, -0.05) is 17.4 Å². The van der Waals surface area contributed by atoms with Gasteiger partial charge < -0.3 is 19.7 Å². The van der Waals surface area contributed by atoms with Crippen LogP contribution in [0, 0.1) is 5.92 Å². The molecule has 1 aliphatic heterocycles. The van der Waals surface area contributed by atoms with Crippen LogP contribution in [0.4, 0.5) is 19.6 Å². The molecule has 146 valence electrons. The van der Waals surface area contributed by atoms with E-state index in [-0.39, 0.29) is 17.6 Å². The number of benzene rings is 2. The van der Waals surface area contributed by atoms with Crippen molar-refractivity contribution < 1.29 is 23.0 Å². The molecule has 1 fully saturated rings. The Hall–Kier alpha value is -2.94. The van der Waals surface area contributed by atoms with Crippen LogP contribution >= 0.6 is 11.3 Å². The number of hydrogen-bond acceptors (Lipinski definition) is 6. The summed E-state index contributed by atoms with van der Waals surface area (Å²) < 4.78 is 35.2. The summed E-state index contributed by atoms with van der Waals surface area (Å²) in [6, 6.07) is 11.7. The number of thiazole rings is 1. The molecule has 0 bridgehead atoms. The van der Waals surface area contributed by atoms with E-state index in [1.54, 1.807) is 30.6 Å². The number of amides is 1. The van der Waals surface area contributed by atoms with Crippen molar-refractivity contribution in [3.8, 4) is 11.5 Å². The number of rotatable bonds is 6. The first-order valence-electron chi connectivity index (χ1n) is 8.57. The number of methoxy groups -OCH3 is 1. The van der Waals surface area contributed by atoms with Crippen LogP contribution in [0.3, 0.4) is 0 Å². The fourth-order valence-corrected chi connectivity index (χ4v) is 3.92. The van der Waals surface area contributed by atoms with Crippen LogP contribution in [-0.4, -0.2) is 37.7 Å². The van der Waals surface area contributed by atoms with Crippen LogP contribution in [0.1, 0.15) is 0 Å². The van der Waals surface area contributed by atoms with Crippen LogP contribution < -0.4 is 19.7 Å². The minimum Gasteiger partial charge on any atom is -0.497 e. The third-order valence-electron chi connectivity index (χ3n) is 4.43. The summed E-state index contributed by atoms with van der Waals surface area (Å²) >= 11 is 1.57. The molecule has 1 aliphatic rings. The van der Waals surface area contributed by atoms with Gasteiger partial charge in [0.05, 0.1) is 23.2 Å². The molecule has 0 saturated carbocycles. The summed E-state index contributed by atoms with van der Waals surface area (Å²) in [4.78, 5) is 19.0. The number of halogens is 2. The number of carbonyl (C=O) groups excluding carboxylic acids is 1. The normalized spacial score (nSPS) is 14.2. The van der Waals surface area contributed by atoms with Gasteiger partial charge >= 0.3 is 6.61 Å². The number of ether oxygens (including phenoxy) is 2. The third kappa shape index (κ3) is 3.84. The molecule has 9 heteroatoms. The van der Waals surface area contributed by atoms with Gasteiger partial charge in [0, 0.05) is 30.9 Å². The summed E-state index contributed by atoms with van der Waals surface area (Å²) in [5, 5.41) is 3.61. The van der Waals surface area contributed by atoms with Crippen molar-refractivity contribution in [2.45, 2.75) is 6.61 Å². The maximum atomic E-state index is 12.4. The second-order valence-electron chi connectivity index (χ2n) is 6.33. The van der Waals surface area contributed by atoms with Crippen molar-refractivity contribution >= 4 is 38.3 Å². The van der Waals surface area contributed by atoms with Gasteiger partial charge in [0.2, 0.25) is 5.91 Å². The van der Waals surface area contributed by atoms with Crippen molar-refractivity contribution in [2.24, 2.45) is 5.92 Å². The lowest BCUT2D eigenvalue weighted by Gasteiger charge is -2.37. The van der Waals surface area contributed by atoms with Crippen LogP contribution in [0.25, 0.3) is 10.2 Å². The Labute approximate surface area is 163 Å². The van der Waals surface area contributed by atoms with Crippen LogP contribution in [0.5, 0.6) is 11.5 Å². The number of nitrogens with zero attached hydrogens (tertiary/aromatic N) is 2. The van der Waals surface area contributed by atoms with Gasteiger partial charge in [0.25, 0.3) is 0 Å². The monoisotopic (exact) mass is 405 g/mol. The van der Waals surface area contributed by atoms with Crippen molar-refractivity contribution in [3.63, 3.8) is 0 Å². The first kappa shape index (κ1) is 18.4. The Morgan fingerprint density at radius 2 is 2.07 bits per heavy atom. The Morgan fingerprint density at radius 1 is 1.25 bits per heavy atom. The largest absolute Gasteiger partial charge is 0.497 e. The third-order valence-corrected chi connectivity index (χ3v) is 5.53. The molecular formula is C19H17F2N3O3S. The number of carbonyl (C=O) groups is 1. The zero-order chi connectivity index (χ0) is 19.7. The molecule has 2 heterocycles. The molecule has 2 aromatic carbocycles. The summed E-state index contributed by atoms with van der Waals surface area (Å²) in [6.45, 7) is -1.80. The van der Waals surface area contributed by atoms with Crippen LogP contribution in [0.2, 0.25) is 0 Å². The Balaban J connectivity index is 1.36. The zero-order valence-electron chi connectivity index (χ0n) is 14.9. The minimum atomic E-state index is -2.90. The number of fused-ring (bicyclic) bond motifs is 1. The number of aromatic nitrogens is 1. The molecule has 1 saturated heterocycles. The molecule has 1 aromatic heterocycles. The van der Waals surface area contributed by atoms with Crippen molar-refractivity contribution in [1.29, 1.82) is 0 Å². The minimum absolute atomic E-state index is 0.00735. The molecular weight excluding hydrogens is 388 g/mol. The second kappa shape index (κ2) is 7.59. The van der Waals surface area contributed by atoms with Crippen molar-refractivity contribution in [1.82, 2.24) is 4.98 Å². The maximum Gasteiger partial charge on any atom is 0.387 e. The lowest BCUT2D eigenvalue weighted by Crippen LogP contribution is -2.52. The Bertz CT molecular complexity index is 1010. The van der Waals surface area contributed by atoms with E-state index < -0.39 is 6.61 Å². The predicted octanol–water partition coefficient (Wildman–Crippen LogP) is 3.98. The maximum absolute atomic E-state index is 12.4. The molecule has 0 spiro atoms. The molecule has 3 aromatic rings. The van der Waals surface area contributed by atoms with Gasteiger partial charge in [0.1, 0.15) is 11.5 Å². The molecule has 1 N–H and O–H groups in total. The average Bonchev–Trinajstić information content (AvgIpc) is 3.02. The number of alkyl halides is 2. The highest BCUT2D eigenvalue weighted by Crippen LogP contribution is 2.34. The summed E-state index contributed by atoms with van der Waals surface area (Å²) in [6.07, 6.45) is 0. The fraction of sp³-hybridized carbons (Fsp3) is 0.263. The quantitative estimate of drug-likeness (QED) is 0.672. The fourth-order valence-electron chi connectivity index (χ4n) is 2.95. The number of nitrogens with one attached hydrogen (secondary N) is 1. The molecule has 1 amide bonds. The zero-order valence-corrected chi connectivity index (χ0v) is 15.7. The Kier molecular flexibility index (Phi) is 4.99. The predicted molar refractivity (Wildman–Crippen MR) is 104 cm³/mol. The highest BCUT2D eigenvalue weighted by atomic mass is 32.1. The molecule has 0 unspecified atom stereocenters. The molecule has 0 aliphatic carbocycles. The van der Waals surface area contributed by atoms with E-state index >= 15 is 0 Å². The number of anilines is 2. The first-order chi connectivity index (χ1) is 13.5. The van der Waals surface area contributed by atoms with E-state index in [1.165, 1.54) is 12.1 Å². The Morgan fingerprint density at radius 3 is 2.82 bits per heavy atom. The average molecular weight is 405 g/mol. The standard InChI is InChI=1S/C19H17F2N3O3S/c1-26-13-5-6-16-15(8-13)23-19(28-16)24-9-11(10-24)17(25)22-12-3-2-4-14(7-12)27-18(20)21/h2-8,11,18H,9-10H2,1H3,(H,22,25). The van der Waals surface area contributed by atoms with Crippen molar-refractivity contribution in [2.75, 3.05) is 30.4 Å². The highest BCUT2D eigenvalue weighted by molar-refractivity contribution is 7.22. The molecule has 6 nitrogen and oxygen atoms in total. The first-order valence-corrected chi connectivity index (χ1v) is 9.39. The van der Waals surface area contributed by atoms with Crippen LogP contribution in [0.15, 0.2) is 42.5 Å². The van der Waals surface area contributed by atoms with Gasteiger partial charge in [-0.25, -0.2) is 4.98 Å². The summed E-state index contributed by atoms with van der Waals surface area (Å²) in [7, 11) is 1.61. The smallest absolute Gasteiger partial charge is 0.387 e. The topological polar surface area (TPSA) is 63.7 Å². The van der Waals surface area contributed by atoms with E-state index in [0.29, 0.717) is 18.8 Å². The van der Waals surface area contributed by atoms with E-state index in [0.717, 1.165) is 21.1 Å². The highest BCUT2D eigenvalue weighted by Gasteiger charge is 2.34.